The van der Waals surface area contributed by atoms with E-state index < -0.39 is 0 Å². The van der Waals surface area contributed by atoms with E-state index >= 15 is 0 Å². The highest BCUT2D eigenvalue weighted by molar-refractivity contribution is 7.16. The number of hydrogen-bond acceptors (Lipinski definition) is 4. The molecular weight excluding hydrogens is 232 g/mol. The second-order valence-electron chi connectivity index (χ2n) is 3.96. The van der Waals surface area contributed by atoms with Gasteiger partial charge in [0.2, 0.25) is 0 Å². The van der Waals surface area contributed by atoms with Crippen molar-refractivity contribution in [1.82, 2.24) is 4.98 Å². The minimum absolute atomic E-state index is 0.0413. The van der Waals surface area contributed by atoms with Crippen LogP contribution in [0.2, 0.25) is 5.15 Å². The van der Waals surface area contributed by atoms with Crippen LogP contribution >= 0.6 is 22.9 Å². The normalized spacial score (nSPS) is 13.3. The third-order valence-corrected chi connectivity index (χ3v) is 4.21. The molecule has 0 bridgehead atoms. The van der Waals surface area contributed by atoms with Crippen LogP contribution in [0.15, 0.2) is 0 Å². The predicted molar refractivity (Wildman–Crippen MR) is 65.7 cm³/mol. The number of nitrogens with zero attached hydrogens (tertiary/aromatic N) is 2. The molecule has 1 atom stereocenters. The van der Waals surface area contributed by atoms with Crippen LogP contribution in [0.3, 0.4) is 0 Å². The zero-order valence-electron chi connectivity index (χ0n) is 9.49. The van der Waals surface area contributed by atoms with E-state index in [4.69, 9.17) is 16.7 Å². The van der Waals surface area contributed by atoms with Crippen molar-refractivity contribution < 1.29 is 5.11 Å². The summed E-state index contributed by atoms with van der Waals surface area (Å²) >= 11 is 7.33. The number of aromatic nitrogens is 1. The van der Waals surface area contributed by atoms with Crippen molar-refractivity contribution >= 4 is 28.1 Å². The Hall–Kier alpha value is -0.320. The third-order valence-electron chi connectivity index (χ3n) is 2.66. The maximum absolute atomic E-state index is 9.03. The Balaban J connectivity index is 2.86. The molecule has 0 saturated heterocycles. The fourth-order valence-electron chi connectivity index (χ4n) is 1.19. The molecule has 1 unspecified atom stereocenters. The van der Waals surface area contributed by atoms with E-state index in [1.807, 2.05) is 7.05 Å². The summed E-state index contributed by atoms with van der Waals surface area (Å²) in [7, 11) is 2.00. The van der Waals surface area contributed by atoms with Gasteiger partial charge in [0.25, 0.3) is 0 Å². The first-order chi connectivity index (χ1) is 6.97. The smallest absolute Gasteiger partial charge is 0.187 e. The Morgan fingerprint density at radius 1 is 1.47 bits per heavy atom. The molecule has 0 aliphatic carbocycles. The molecule has 0 aliphatic rings. The molecule has 5 heteroatoms. The summed E-state index contributed by atoms with van der Waals surface area (Å²) in [5.74, 6) is 0.551. The summed E-state index contributed by atoms with van der Waals surface area (Å²) in [5.41, 5.74) is 0. The van der Waals surface area contributed by atoms with E-state index in [-0.39, 0.29) is 6.61 Å². The van der Waals surface area contributed by atoms with Crippen molar-refractivity contribution in [2.24, 2.45) is 5.92 Å². The third kappa shape index (κ3) is 2.83. The lowest BCUT2D eigenvalue weighted by Gasteiger charge is -2.27. The van der Waals surface area contributed by atoms with Crippen LogP contribution in [0.4, 0.5) is 5.13 Å². The molecule has 0 aromatic carbocycles. The number of thiazole rings is 1. The van der Waals surface area contributed by atoms with Gasteiger partial charge in [0.05, 0.1) is 11.5 Å². The molecule has 0 radical (unpaired) electrons. The van der Waals surface area contributed by atoms with Gasteiger partial charge in [-0.3, -0.25) is 0 Å². The first-order valence-corrected chi connectivity index (χ1v) is 6.15. The molecule has 15 heavy (non-hydrogen) atoms. The van der Waals surface area contributed by atoms with Gasteiger partial charge in [0.1, 0.15) is 5.15 Å². The first-order valence-electron chi connectivity index (χ1n) is 4.96. The van der Waals surface area contributed by atoms with Crippen LogP contribution in [0.25, 0.3) is 0 Å². The SMILES string of the molecule is CC(C)C(C)N(C)c1nc(Cl)c(CO)s1. The fraction of sp³-hybridized carbons (Fsp3) is 0.700. The van der Waals surface area contributed by atoms with Crippen LogP contribution in [0.5, 0.6) is 0 Å². The maximum atomic E-state index is 9.03. The average Bonchev–Trinajstić information content (AvgIpc) is 2.57. The van der Waals surface area contributed by atoms with Crippen molar-refractivity contribution in [1.29, 1.82) is 0 Å². The molecule has 3 nitrogen and oxygen atoms in total. The molecule has 0 amide bonds. The van der Waals surface area contributed by atoms with Gasteiger partial charge >= 0.3 is 0 Å². The van der Waals surface area contributed by atoms with Crippen LogP contribution in [0.1, 0.15) is 25.6 Å². The number of hydrogen-bond donors (Lipinski definition) is 1. The Labute approximate surface area is 99.7 Å². The summed E-state index contributed by atoms with van der Waals surface area (Å²) in [6, 6.07) is 0.402. The molecule has 0 aliphatic heterocycles. The number of aliphatic hydroxyl groups excluding tert-OH is 1. The van der Waals surface area contributed by atoms with Crippen LogP contribution < -0.4 is 4.90 Å². The quantitative estimate of drug-likeness (QED) is 0.890. The molecule has 1 aromatic rings. The lowest BCUT2D eigenvalue weighted by atomic mass is 10.1. The minimum atomic E-state index is -0.0413. The standard InChI is InChI=1S/C10H17ClN2OS/c1-6(2)7(3)13(4)10-12-9(11)8(5-14)15-10/h6-7,14H,5H2,1-4H3. The predicted octanol–water partition coefficient (Wildman–Crippen LogP) is 2.77. The Kier molecular flexibility index (Phi) is 4.37. The van der Waals surface area contributed by atoms with Crippen molar-refractivity contribution in [2.45, 2.75) is 33.4 Å². The molecule has 1 heterocycles. The fourth-order valence-corrected chi connectivity index (χ4v) is 2.36. The van der Waals surface area contributed by atoms with Gasteiger partial charge in [0, 0.05) is 13.1 Å². The second-order valence-corrected chi connectivity index (χ2v) is 5.38. The van der Waals surface area contributed by atoms with Crippen molar-refractivity contribution in [2.75, 3.05) is 11.9 Å². The van der Waals surface area contributed by atoms with Gasteiger partial charge in [-0.2, -0.15) is 0 Å². The molecule has 1 aromatic heterocycles. The summed E-state index contributed by atoms with van der Waals surface area (Å²) in [5, 5.41) is 10.3. The van der Waals surface area contributed by atoms with E-state index in [1.165, 1.54) is 11.3 Å². The van der Waals surface area contributed by atoms with E-state index in [1.54, 1.807) is 0 Å². The highest BCUT2D eigenvalue weighted by Crippen LogP contribution is 2.30. The monoisotopic (exact) mass is 248 g/mol. The van der Waals surface area contributed by atoms with E-state index in [9.17, 15) is 0 Å². The molecule has 0 saturated carbocycles. The first kappa shape index (κ1) is 12.7. The maximum Gasteiger partial charge on any atom is 0.187 e. The summed E-state index contributed by atoms with van der Waals surface area (Å²) < 4.78 is 0. The molecule has 86 valence electrons. The van der Waals surface area contributed by atoms with E-state index in [0.29, 0.717) is 17.1 Å². The van der Waals surface area contributed by atoms with Crippen LogP contribution in [-0.4, -0.2) is 23.2 Å². The van der Waals surface area contributed by atoms with Crippen LogP contribution in [-0.2, 0) is 6.61 Å². The number of rotatable bonds is 4. The summed E-state index contributed by atoms with van der Waals surface area (Å²) in [6.45, 7) is 6.45. The Morgan fingerprint density at radius 3 is 2.47 bits per heavy atom. The average molecular weight is 249 g/mol. The van der Waals surface area contributed by atoms with Gasteiger partial charge in [0.15, 0.2) is 5.13 Å². The van der Waals surface area contributed by atoms with Crippen molar-refractivity contribution in [3.05, 3.63) is 10.0 Å². The van der Waals surface area contributed by atoms with Gasteiger partial charge in [-0.05, 0) is 12.8 Å². The summed E-state index contributed by atoms with van der Waals surface area (Å²) in [6.07, 6.45) is 0. The largest absolute Gasteiger partial charge is 0.391 e. The van der Waals surface area contributed by atoms with Gasteiger partial charge < -0.3 is 10.0 Å². The lowest BCUT2D eigenvalue weighted by molar-refractivity contribution is 0.285. The highest BCUT2D eigenvalue weighted by Gasteiger charge is 2.18. The second kappa shape index (κ2) is 5.14. The zero-order valence-corrected chi connectivity index (χ0v) is 11.1. The number of halogens is 1. The molecule has 0 spiro atoms. The minimum Gasteiger partial charge on any atom is -0.391 e. The number of aliphatic hydroxyl groups is 1. The lowest BCUT2D eigenvalue weighted by Crippen LogP contribution is -2.32. The summed E-state index contributed by atoms with van der Waals surface area (Å²) in [4.78, 5) is 7.06. The van der Waals surface area contributed by atoms with Gasteiger partial charge in [-0.1, -0.05) is 36.8 Å². The Bertz CT molecular complexity index is 327. The molecule has 0 fully saturated rings. The number of anilines is 1. The highest BCUT2D eigenvalue weighted by atomic mass is 35.5. The van der Waals surface area contributed by atoms with Crippen LogP contribution in [0, 0.1) is 5.92 Å². The Morgan fingerprint density at radius 2 is 2.07 bits per heavy atom. The van der Waals surface area contributed by atoms with Crippen molar-refractivity contribution in [3.8, 4) is 0 Å². The van der Waals surface area contributed by atoms with E-state index in [2.05, 4.69) is 30.7 Å². The molecule has 1 rings (SSSR count). The molecule has 1 N–H and O–H groups in total. The van der Waals surface area contributed by atoms with Crippen molar-refractivity contribution in [3.63, 3.8) is 0 Å². The molecular formula is C10H17ClN2OS. The topological polar surface area (TPSA) is 36.4 Å². The van der Waals surface area contributed by atoms with Gasteiger partial charge in [-0.15, -0.1) is 0 Å². The van der Waals surface area contributed by atoms with E-state index in [0.717, 1.165) is 10.0 Å². The van der Waals surface area contributed by atoms with Gasteiger partial charge in [-0.25, -0.2) is 4.98 Å². The zero-order chi connectivity index (χ0) is 11.6.